The monoisotopic (exact) mass is 328 g/mol. The lowest BCUT2D eigenvalue weighted by Crippen LogP contribution is -2.21. The first-order valence-corrected chi connectivity index (χ1v) is 8.72. The normalized spacial score (nSPS) is 23.5. The Kier molecular flexibility index (Phi) is 6.37. The van der Waals surface area contributed by atoms with E-state index in [1.54, 1.807) is 12.1 Å². The molecule has 4 heteroatoms. The maximum absolute atomic E-state index is 12.2. The Morgan fingerprint density at radius 1 is 1.09 bits per heavy atom. The number of benzene rings is 1. The molecule has 0 amide bonds. The molecule has 1 aliphatic rings. The first-order valence-electron chi connectivity index (χ1n) is 8.72. The van der Waals surface area contributed by atoms with Crippen molar-refractivity contribution in [2.75, 3.05) is 0 Å². The zero-order chi connectivity index (χ0) is 16.9. The van der Waals surface area contributed by atoms with Crippen LogP contribution in [0, 0.1) is 17.8 Å². The van der Waals surface area contributed by atoms with Gasteiger partial charge in [0.15, 0.2) is 0 Å². The van der Waals surface area contributed by atoms with Crippen LogP contribution in [-0.4, -0.2) is 6.36 Å². The van der Waals surface area contributed by atoms with Crippen molar-refractivity contribution in [1.29, 1.82) is 0 Å². The molecule has 1 saturated carbocycles. The maximum Gasteiger partial charge on any atom is 0.573 e. The predicted octanol–water partition coefficient (Wildman–Crippen LogP) is 6.37. The smallest absolute Gasteiger partial charge is 0.406 e. The van der Waals surface area contributed by atoms with Gasteiger partial charge in [-0.3, -0.25) is 0 Å². The lowest BCUT2D eigenvalue weighted by Gasteiger charge is -2.32. The Hall–Kier alpha value is -1.19. The van der Waals surface area contributed by atoms with E-state index >= 15 is 0 Å². The van der Waals surface area contributed by atoms with Crippen molar-refractivity contribution in [3.63, 3.8) is 0 Å². The number of rotatable bonds is 6. The fourth-order valence-corrected chi connectivity index (χ4v) is 3.82. The lowest BCUT2D eigenvalue weighted by atomic mass is 9.74. The van der Waals surface area contributed by atoms with E-state index in [2.05, 4.69) is 18.6 Å². The predicted molar refractivity (Wildman–Crippen MR) is 86.3 cm³/mol. The molecule has 0 bridgehead atoms. The van der Waals surface area contributed by atoms with Gasteiger partial charge in [0.25, 0.3) is 0 Å². The summed E-state index contributed by atoms with van der Waals surface area (Å²) in [4.78, 5) is 0. The molecule has 1 atom stereocenters. The van der Waals surface area contributed by atoms with Crippen LogP contribution >= 0.6 is 0 Å². The second kappa shape index (κ2) is 8.07. The Labute approximate surface area is 137 Å². The standard InChI is InChI=1S/C19H27F3O/c1-3-4-15-5-9-17(10-6-15)14(2)13-16-7-11-18(12-8-16)23-19(20,21)22/h7-8,11-12,14-15,17H,3-6,9-10,13H2,1-2H3. The minimum atomic E-state index is -4.62. The number of ether oxygens (including phenoxy) is 1. The zero-order valence-corrected chi connectivity index (χ0v) is 14.0. The van der Waals surface area contributed by atoms with Crippen LogP contribution in [0.4, 0.5) is 13.2 Å². The Morgan fingerprint density at radius 3 is 2.22 bits per heavy atom. The summed E-state index contributed by atoms with van der Waals surface area (Å²) in [6.07, 6.45) is 4.19. The van der Waals surface area contributed by atoms with Gasteiger partial charge in [0.05, 0.1) is 0 Å². The number of hydrogen-bond donors (Lipinski definition) is 0. The highest BCUT2D eigenvalue weighted by Gasteiger charge is 2.31. The Morgan fingerprint density at radius 2 is 1.70 bits per heavy atom. The molecule has 23 heavy (non-hydrogen) atoms. The van der Waals surface area contributed by atoms with Crippen molar-refractivity contribution >= 4 is 0 Å². The molecular weight excluding hydrogens is 301 g/mol. The molecule has 0 saturated heterocycles. The molecule has 0 radical (unpaired) electrons. The third-order valence-electron chi connectivity index (χ3n) is 5.11. The summed E-state index contributed by atoms with van der Waals surface area (Å²) >= 11 is 0. The van der Waals surface area contributed by atoms with Crippen molar-refractivity contribution in [3.8, 4) is 5.75 Å². The maximum atomic E-state index is 12.2. The van der Waals surface area contributed by atoms with Crippen LogP contribution < -0.4 is 4.74 Å². The van der Waals surface area contributed by atoms with Crippen molar-refractivity contribution in [3.05, 3.63) is 29.8 Å². The summed E-state index contributed by atoms with van der Waals surface area (Å²) in [7, 11) is 0. The van der Waals surface area contributed by atoms with Crippen molar-refractivity contribution in [2.45, 2.75) is 65.2 Å². The number of halogens is 3. The highest BCUT2D eigenvalue weighted by Crippen LogP contribution is 2.36. The molecule has 1 aromatic carbocycles. The fourth-order valence-electron chi connectivity index (χ4n) is 3.82. The van der Waals surface area contributed by atoms with Crippen LogP contribution in [0.3, 0.4) is 0 Å². The largest absolute Gasteiger partial charge is 0.573 e. The van der Waals surface area contributed by atoms with Gasteiger partial charge in [-0.05, 0) is 54.7 Å². The van der Waals surface area contributed by atoms with E-state index in [9.17, 15) is 13.2 Å². The molecular formula is C19H27F3O. The SMILES string of the molecule is CCCC1CCC(C(C)Cc2ccc(OC(F)(F)F)cc2)CC1. The van der Waals surface area contributed by atoms with E-state index in [0.717, 1.165) is 23.8 Å². The van der Waals surface area contributed by atoms with Gasteiger partial charge in [-0.25, -0.2) is 0 Å². The summed E-state index contributed by atoms with van der Waals surface area (Å²) in [5, 5.41) is 0. The quantitative estimate of drug-likeness (QED) is 0.589. The van der Waals surface area contributed by atoms with Gasteiger partial charge >= 0.3 is 6.36 Å². The Bertz CT molecular complexity index is 458. The Balaban J connectivity index is 1.82. The average molecular weight is 328 g/mol. The zero-order valence-electron chi connectivity index (χ0n) is 14.0. The summed E-state index contributed by atoms with van der Waals surface area (Å²) in [5.74, 6) is 2.08. The second-order valence-corrected chi connectivity index (χ2v) is 6.94. The first-order chi connectivity index (χ1) is 10.9. The minimum Gasteiger partial charge on any atom is -0.406 e. The molecule has 1 aliphatic carbocycles. The molecule has 0 heterocycles. The molecule has 2 rings (SSSR count). The van der Waals surface area contributed by atoms with Crippen LogP contribution in [0.25, 0.3) is 0 Å². The van der Waals surface area contributed by atoms with E-state index in [1.807, 2.05) is 0 Å². The molecule has 1 fully saturated rings. The van der Waals surface area contributed by atoms with E-state index < -0.39 is 6.36 Å². The van der Waals surface area contributed by atoms with E-state index in [4.69, 9.17) is 0 Å². The van der Waals surface area contributed by atoms with Crippen LogP contribution in [0.1, 0.15) is 57.9 Å². The van der Waals surface area contributed by atoms with E-state index in [0.29, 0.717) is 5.92 Å². The molecule has 0 aliphatic heterocycles. The highest BCUT2D eigenvalue weighted by atomic mass is 19.4. The van der Waals surface area contributed by atoms with Crippen LogP contribution in [0.5, 0.6) is 5.75 Å². The van der Waals surface area contributed by atoms with Gasteiger partial charge in [0.2, 0.25) is 0 Å². The second-order valence-electron chi connectivity index (χ2n) is 6.94. The molecule has 130 valence electrons. The molecule has 1 nitrogen and oxygen atoms in total. The summed E-state index contributed by atoms with van der Waals surface area (Å²) in [6.45, 7) is 4.52. The minimum absolute atomic E-state index is 0.144. The van der Waals surface area contributed by atoms with Crippen molar-refractivity contribution in [1.82, 2.24) is 0 Å². The van der Waals surface area contributed by atoms with Gasteiger partial charge < -0.3 is 4.74 Å². The van der Waals surface area contributed by atoms with Gasteiger partial charge in [-0.2, -0.15) is 0 Å². The number of hydrogen-bond acceptors (Lipinski definition) is 1. The topological polar surface area (TPSA) is 9.23 Å². The molecule has 0 N–H and O–H groups in total. The average Bonchev–Trinajstić information content (AvgIpc) is 2.49. The van der Waals surface area contributed by atoms with Crippen LogP contribution in [-0.2, 0) is 6.42 Å². The summed E-state index contributed by atoms with van der Waals surface area (Å²) in [5.41, 5.74) is 1.09. The van der Waals surface area contributed by atoms with Gasteiger partial charge in [0.1, 0.15) is 5.75 Å². The number of alkyl halides is 3. The highest BCUT2D eigenvalue weighted by molar-refractivity contribution is 5.27. The first kappa shape index (κ1) is 18.2. The van der Waals surface area contributed by atoms with Crippen LogP contribution in [0.15, 0.2) is 24.3 Å². The molecule has 0 spiro atoms. The van der Waals surface area contributed by atoms with Gasteiger partial charge in [0, 0.05) is 0 Å². The van der Waals surface area contributed by atoms with Crippen molar-refractivity contribution < 1.29 is 17.9 Å². The van der Waals surface area contributed by atoms with Gasteiger partial charge in [-0.1, -0.05) is 51.7 Å². The van der Waals surface area contributed by atoms with E-state index in [-0.39, 0.29) is 5.75 Å². The van der Waals surface area contributed by atoms with Gasteiger partial charge in [-0.15, -0.1) is 13.2 Å². The third-order valence-corrected chi connectivity index (χ3v) is 5.11. The summed E-state index contributed by atoms with van der Waals surface area (Å²) < 4.78 is 40.4. The molecule has 1 aromatic rings. The molecule has 1 unspecified atom stereocenters. The lowest BCUT2D eigenvalue weighted by molar-refractivity contribution is -0.274. The summed E-state index contributed by atoms with van der Waals surface area (Å²) in [6, 6.07) is 6.32. The van der Waals surface area contributed by atoms with Crippen molar-refractivity contribution in [2.24, 2.45) is 17.8 Å². The van der Waals surface area contributed by atoms with Crippen LogP contribution in [0.2, 0.25) is 0 Å². The third kappa shape index (κ3) is 6.08. The fraction of sp³-hybridized carbons (Fsp3) is 0.684. The molecule has 0 aromatic heterocycles. The van der Waals surface area contributed by atoms with E-state index in [1.165, 1.54) is 50.7 Å².